The highest BCUT2D eigenvalue weighted by Gasteiger charge is 2.31. The molecule has 0 radical (unpaired) electrons. The van der Waals surface area contributed by atoms with Gasteiger partial charge in [-0.1, -0.05) is 17.7 Å². The lowest BCUT2D eigenvalue weighted by Crippen LogP contribution is -2.40. The second kappa shape index (κ2) is 8.99. The zero-order valence-electron chi connectivity index (χ0n) is 16.3. The molecule has 1 amide bonds. The largest absolute Gasteiger partial charge is 0.491 e. The third kappa shape index (κ3) is 5.18. The van der Waals surface area contributed by atoms with Gasteiger partial charge >= 0.3 is 6.18 Å². The second-order valence-corrected chi connectivity index (χ2v) is 7.13. The van der Waals surface area contributed by atoms with Gasteiger partial charge < -0.3 is 20.2 Å². The first-order valence-electron chi connectivity index (χ1n) is 9.17. The monoisotopic (exact) mass is 454 g/mol. The van der Waals surface area contributed by atoms with E-state index in [9.17, 15) is 22.8 Å². The van der Waals surface area contributed by atoms with Crippen molar-refractivity contribution in [3.63, 3.8) is 0 Å². The summed E-state index contributed by atoms with van der Waals surface area (Å²) in [5, 5.41) is 3.22. The van der Waals surface area contributed by atoms with E-state index >= 15 is 0 Å². The SMILES string of the molecule is CC(NCCOc1cc(C(F)(F)F)ccc1-c1cc(=O)c2cccc(Cl)c2o1)C(N)=O. The van der Waals surface area contributed by atoms with Gasteiger partial charge in [-0.2, -0.15) is 13.2 Å². The molecule has 0 saturated heterocycles. The van der Waals surface area contributed by atoms with Gasteiger partial charge in [-0.05, 0) is 37.3 Å². The molecule has 0 fully saturated rings. The van der Waals surface area contributed by atoms with E-state index in [0.29, 0.717) is 0 Å². The first-order chi connectivity index (χ1) is 14.6. The number of hydrogen-bond donors (Lipinski definition) is 2. The molecule has 3 N–H and O–H groups in total. The first-order valence-corrected chi connectivity index (χ1v) is 9.55. The van der Waals surface area contributed by atoms with E-state index in [4.69, 9.17) is 26.5 Å². The summed E-state index contributed by atoms with van der Waals surface area (Å²) in [6, 6.07) is 8.05. The maximum Gasteiger partial charge on any atom is 0.416 e. The average molecular weight is 455 g/mol. The van der Waals surface area contributed by atoms with Crippen molar-refractivity contribution in [1.82, 2.24) is 5.32 Å². The standard InChI is InChI=1S/C21H18ClF3N2O4/c1-11(20(26)29)27-7-8-30-17-9-12(21(23,24)25)5-6-14(17)18-10-16(28)13-3-2-4-15(22)19(13)31-18/h2-6,9-11,27H,7-8H2,1H3,(H2,26,29). The van der Waals surface area contributed by atoms with Gasteiger partial charge in [0.1, 0.15) is 18.1 Å². The molecule has 0 saturated carbocycles. The van der Waals surface area contributed by atoms with Crippen LogP contribution in [0, 0.1) is 0 Å². The summed E-state index contributed by atoms with van der Waals surface area (Å²) < 4.78 is 50.9. The van der Waals surface area contributed by atoms with E-state index < -0.39 is 29.1 Å². The topological polar surface area (TPSA) is 94.6 Å². The molecule has 0 bridgehead atoms. The smallest absolute Gasteiger partial charge is 0.416 e. The predicted octanol–water partition coefficient (Wildman–Crippen LogP) is 3.97. The van der Waals surface area contributed by atoms with Crippen LogP contribution in [0.4, 0.5) is 13.2 Å². The summed E-state index contributed by atoms with van der Waals surface area (Å²) in [5.74, 6) is -0.708. The van der Waals surface area contributed by atoms with Crippen LogP contribution in [0.1, 0.15) is 12.5 Å². The molecule has 2 aromatic carbocycles. The number of alkyl halides is 3. The third-order valence-electron chi connectivity index (χ3n) is 4.52. The molecule has 0 spiro atoms. The van der Waals surface area contributed by atoms with Crippen molar-refractivity contribution in [2.75, 3.05) is 13.2 Å². The maximum atomic E-state index is 13.2. The highest BCUT2D eigenvalue weighted by molar-refractivity contribution is 6.34. The van der Waals surface area contributed by atoms with Crippen LogP contribution in [-0.4, -0.2) is 25.1 Å². The van der Waals surface area contributed by atoms with Gasteiger partial charge in [0.05, 0.1) is 27.6 Å². The Kier molecular flexibility index (Phi) is 6.56. The lowest BCUT2D eigenvalue weighted by atomic mass is 10.1. The Morgan fingerprint density at radius 2 is 2.00 bits per heavy atom. The number of fused-ring (bicyclic) bond motifs is 1. The number of nitrogens with two attached hydrogens (primary N) is 1. The normalized spacial score (nSPS) is 12.7. The van der Waals surface area contributed by atoms with Crippen LogP contribution >= 0.6 is 11.6 Å². The van der Waals surface area contributed by atoms with Gasteiger partial charge in [-0.25, -0.2) is 0 Å². The lowest BCUT2D eigenvalue weighted by molar-refractivity contribution is -0.137. The van der Waals surface area contributed by atoms with Crippen LogP contribution in [0.2, 0.25) is 5.02 Å². The average Bonchev–Trinajstić information content (AvgIpc) is 2.70. The molecule has 1 aromatic heterocycles. The van der Waals surface area contributed by atoms with E-state index in [0.717, 1.165) is 12.1 Å². The number of carbonyl (C=O) groups excluding carboxylic acids is 1. The van der Waals surface area contributed by atoms with E-state index in [1.54, 1.807) is 13.0 Å². The number of amides is 1. The second-order valence-electron chi connectivity index (χ2n) is 6.73. The number of nitrogens with one attached hydrogen (secondary N) is 1. The molecule has 31 heavy (non-hydrogen) atoms. The Bertz CT molecular complexity index is 1180. The molecule has 6 nitrogen and oxygen atoms in total. The van der Waals surface area contributed by atoms with Crippen LogP contribution in [0.5, 0.6) is 5.75 Å². The number of primary amides is 1. The maximum absolute atomic E-state index is 13.2. The van der Waals surface area contributed by atoms with E-state index in [2.05, 4.69) is 5.32 Å². The fraction of sp³-hybridized carbons (Fsp3) is 0.238. The summed E-state index contributed by atoms with van der Waals surface area (Å²) in [5.41, 5.74) is 4.09. The number of ether oxygens (including phenoxy) is 1. The highest BCUT2D eigenvalue weighted by atomic mass is 35.5. The van der Waals surface area contributed by atoms with Crippen LogP contribution in [-0.2, 0) is 11.0 Å². The van der Waals surface area contributed by atoms with Crippen molar-refractivity contribution in [1.29, 1.82) is 0 Å². The number of halogens is 4. The van der Waals surface area contributed by atoms with Crippen molar-refractivity contribution >= 4 is 28.5 Å². The first kappa shape index (κ1) is 22.6. The molecule has 3 rings (SSSR count). The van der Waals surface area contributed by atoms with Crippen molar-refractivity contribution in [3.05, 3.63) is 63.3 Å². The number of benzene rings is 2. The summed E-state index contributed by atoms with van der Waals surface area (Å²) >= 11 is 6.11. The molecule has 1 atom stereocenters. The minimum atomic E-state index is -4.59. The number of carbonyl (C=O) groups is 1. The number of para-hydroxylation sites is 1. The van der Waals surface area contributed by atoms with E-state index in [1.165, 1.54) is 24.3 Å². The minimum absolute atomic E-state index is 0.00721. The van der Waals surface area contributed by atoms with Gasteiger partial charge in [0.15, 0.2) is 11.0 Å². The molecular formula is C21H18ClF3N2O4. The minimum Gasteiger partial charge on any atom is -0.491 e. The summed E-state index contributed by atoms with van der Waals surface area (Å²) in [4.78, 5) is 23.5. The quantitative estimate of drug-likeness (QED) is 0.527. The Balaban J connectivity index is 1.99. The van der Waals surface area contributed by atoms with Gasteiger partial charge in [0, 0.05) is 12.6 Å². The number of hydrogen-bond acceptors (Lipinski definition) is 5. The predicted molar refractivity (Wildman–Crippen MR) is 110 cm³/mol. The van der Waals surface area contributed by atoms with Crippen LogP contribution in [0.3, 0.4) is 0 Å². The van der Waals surface area contributed by atoms with Crippen molar-refractivity contribution in [3.8, 4) is 17.1 Å². The molecule has 1 unspecified atom stereocenters. The van der Waals surface area contributed by atoms with E-state index in [-0.39, 0.29) is 46.2 Å². The molecule has 0 aliphatic rings. The molecule has 1 heterocycles. The van der Waals surface area contributed by atoms with Gasteiger partial charge in [0.25, 0.3) is 0 Å². The molecule has 0 aliphatic carbocycles. The summed E-state index contributed by atoms with van der Waals surface area (Å²) in [6.45, 7) is 1.63. The fourth-order valence-electron chi connectivity index (χ4n) is 2.83. The molecule has 3 aromatic rings. The molecule has 10 heteroatoms. The van der Waals surface area contributed by atoms with Crippen LogP contribution in [0.15, 0.2) is 51.7 Å². The molecule has 0 aliphatic heterocycles. The zero-order chi connectivity index (χ0) is 22.8. The van der Waals surface area contributed by atoms with Crippen molar-refractivity contribution in [2.24, 2.45) is 5.73 Å². The third-order valence-corrected chi connectivity index (χ3v) is 4.82. The lowest BCUT2D eigenvalue weighted by Gasteiger charge is -2.16. The molecule has 164 valence electrons. The molecular weight excluding hydrogens is 437 g/mol. The Labute approximate surface area is 179 Å². The van der Waals surface area contributed by atoms with Crippen LogP contribution in [0.25, 0.3) is 22.3 Å². The summed E-state index contributed by atoms with van der Waals surface area (Å²) in [6.07, 6.45) is -4.59. The Morgan fingerprint density at radius 1 is 1.26 bits per heavy atom. The Hall–Kier alpha value is -3.04. The zero-order valence-corrected chi connectivity index (χ0v) is 17.0. The number of rotatable bonds is 7. The summed E-state index contributed by atoms with van der Waals surface area (Å²) in [7, 11) is 0. The Morgan fingerprint density at radius 3 is 2.68 bits per heavy atom. The fourth-order valence-corrected chi connectivity index (χ4v) is 3.05. The van der Waals surface area contributed by atoms with Crippen LogP contribution < -0.4 is 21.2 Å². The van der Waals surface area contributed by atoms with Gasteiger partial charge in [0.2, 0.25) is 5.91 Å². The van der Waals surface area contributed by atoms with E-state index in [1.807, 2.05) is 0 Å². The van der Waals surface area contributed by atoms with Gasteiger partial charge in [-0.3, -0.25) is 9.59 Å². The van der Waals surface area contributed by atoms with Gasteiger partial charge in [-0.15, -0.1) is 0 Å². The van der Waals surface area contributed by atoms with Crippen molar-refractivity contribution in [2.45, 2.75) is 19.1 Å². The highest BCUT2D eigenvalue weighted by Crippen LogP contribution is 2.38. The van der Waals surface area contributed by atoms with Crippen molar-refractivity contribution < 1.29 is 27.1 Å².